The summed E-state index contributed by atoms with van der Waals surface area (Å²) in [6.45, 7) is 6.85. The highest BCUT2D eigenvalue weighted by Crippen LogP contribution is 2.23. The molecule has 152 valence electrons. The van der Waals surface area contributed by atoms with E-state index in [9.17, 15) is 13.2 Å². The average Bonchev–Trinajstić information content (AvgIpc) is 3.10. The molecule has 0 radical (unpaired) electrons. The summed E-state index contributed by atoms with van der Waals surface area (Å²) < 4.78 is 32.7. The molecule has 2 aromatic rings. The predicted molar refractivity (Wildman–Crippen MR) is 104 cm³/mol. The molecule has 3 rings (SSSR count). The standard InChI is InChI=1S/C19H26N4O4S/c1-4-13(2)21-19(24)23-8-7-15-10-18(6-5-16(15)12-23)28(25,26)20-11-17-9-14(3)27-22-17/h5-6,9-10,13,20H,4,7-8,11-12H2,1-3H3,(H,21,24)/t13-/m1/s1. The molecule has 2 heterocycles. The van der Waals surface area contributed by atoms with Crippen molar-refractivity contribution in [2.24, 2.45) is 0 Å². The molecule has 0 saturated carbocycles. The highest BCUT2D eigenvalue weighted by molar-refractivity contribution is 7.89. The third-order valence-electron chi connectivity index (χ3n) is 4.89. The molecular weight excluding hydrogens is 380 g/mol. The fourth-order valence-electron chi connectivity index (χ4n) is 3.03. The summed E-state index contributed by atoms with van der Waals surface area (Å²) in [7, 11) is -3.66. The smallest absolute Gasteiger partial charge is 0.317 e. The molecule has 0 fully saturated rings. The van der Waals surface area contributed by atoms with Crippen LogP contribution in [0.4, 0.5) is 4.79 Å². The molecule has 2 N–H and O–H groups in total. The number of sulfonamides is 1. The van der Waals surface area contributed by atoms with Crippen LogP contribution in [0.3, 0.4) is 0 Å². The largest absolute Gasteiger partial charge is 0.361 e. The molecule has 1 aromatic heterocycles. The maximum Gasteiger partial charge on any atom is 0.317 e. The molecule has 8 nitrogen and oxygen atoms in total. The Bertz CT molecular complexity index is 955. The van der Waals surface area contributed by atoms with E-state index < -0.39 is 10.0 Å². The van der Waals surface area contributed by atoms with Crippen LogP contribution in [-0.4, -0.2) is 37.1 Å². The van der Waals surface area contributed by atoms with Gasteiger partial charge >= 0.3 is 6.03 Å². The molecule has 1 atom stereocenters. The molecule has 2 amide bonds. The fourth-order valence-corrected chi connectivity index (χ4v) is 4.08. The van der Waals surface area contributed by atoms with Gasteiger partial charge < -0.3 is 14.7 Å². The maximum absolute atomic E-state index is 12.6. The van der Waals surface area contributed by atoms with Crippen molar-refractivity contribution in [3.8, 4) is 0 Å². The van der Waals surface area contributed by atoms with Gasteiger partial charge in [0.2, 0.25) is 10.0 Å². The Morgan fingerprint density at radius 2 is 2.11 bits per heavy atom. The minimum atomic E-state index is -3.66. The number of benzene rings is 1. The van der Waals surface area contributed by atoms with Gasteiger partial charge in [-0.1, -0.05) is 18.1 Å². The molecule has 1 aromatic carbocycles. The second-order valence-corrected chi connectivity index (χ2v) is 8.88. The van der Waals surface area contributed by atoms with E-state index in [0.29, 0.717) is 31.0 Å². The first kappa shape index (κ1) is 20.3. The summed E-state index contributed by atoms with van der Waals surface area (Å²) in [5.74, 6) is 0.630. The molecule has 0 aliphatic carbocycles. The number of urea groups is 1. The van der Waals surface area contributed by atoms with Crippen molar-refractivity contribution in [2.45, 2.75) is 57.6 Å². The number of nitrogens with zero attached hydrogens (tertiary/aromatic N) is 2. The third kappa shape index (κ3) is 4.71. The van der Waals surface area contributed by atoms with E-state index in [1.807, 2.05) is 13.8 Å². The van der Waals surface area contributed by atoms with Gasteiger partial charge in [-0.2, -0.15) is 0 Å². The van der Waals surface area contributed by atoms with E-state index in [2.05, 4.69) is 15.2 Å². The number of rotatable bonds is 6. The van der Waals surface area contributed by atoms with E-state index in [1.165, 1.54) is 0 Å². The van der Waals surface area contributed by atoms with Crippen LogP contribution in [0.2, 0.25) is 0 Å². The Hall–Kier alpha value is -2.39. The second-order valence-electron chi connectivity index (χ2n) is 7.11. The summed E-state index contributed by atoms with van der Waals surface area (Å²) in [5, 5.41) is 6.76. The monoisotopic (exact) mass is 406 g/mol. The van der Waals surface area contributed by atoms with Crippen molar-refractivity contribution < 1.29 is 17.7 Å². The molecular formula is C19H26N4O4S. The van der Waals surface area contributed by atoms with Gasteiger partial charge in [-0.15, -0.1) is 0 Å². The SMILES string of the molecule is CC[C@@H](C)NC(=O)N1CCc2cc(S(=O)(=O)NCc3cc(C)on3)ccc2C1. The van der Waals surface area contributed by atoms with Crippen molar-refractivity contribution in [2.75, 3.05) is 6.54 Å². The van der Waals surface area contributed by atoms with Gasteiger partial charge in [0.15, 0.2) is 0 Å². The first-order chi connectivity index (χ1) is 13.3. The highest BCUT2D eigenvalue weighted by atomic mass is 32.2. The number of hydrogen-bond acceptors (Lipinski definition) is 5. The Kier molecular flexibility index (Phi) is 6.04. The lowest BCUT2D eigenvalue weighted by atomic mass is 10.0. The summed E-state index contributed by atoms with van der Waals surface area (Å²) in [5.41, 5.74) is 2.45. The van der Waals surface area contributed by atoms with E-state index in [0.717, 1.165) is 17.5 Å². The molecule has 1 aliphatic rings. The van der Waals surface area contributed by atoms with E-state index in [-0.39, 0.29) is 23.5 Å². The lowest BCUT2D eigenvalue weighted by Gasteiger charge is -2.30. The summed E-state index contributed by atoms with van der Waals surface area (Å²) in [4.78, 5) is 14.3. The van der Waals surface area contributed by atoms with E-state index >= 15 is 0 Å². The van der Waals surface area contributed by atoms with Crippen LogP contribution in [0.15, 0.2) is 33.7 Å². The van der Waals surface area contributed by atoms with Gasteiger partial charge in [-0.3, -0.25) is 0 Å². The zero-order valence-corrected chi connectivity index (χ0v) is 17.2. The van der Waals surface area contributed by atoms with Crippen molar-refractivity contribution in [3.63, 3.8) is 0 Å². The van der Waals surface area contributed by atoms with Gasteiger partial charge in [-0.25, -0.2) is 17.9 Å². The first-order valence-corrected chi connectivity index (χ1v) is 10.9. The number of aromatic nitrogens is 1. The van der Waals surface area contributed by atoms with Crippen LogP contribution in [0, 0.1) is 6.92 Å². The Morgan fingerprint density at radius 3 is 2.79 bits per heavy atom. The zero-order valence-electron chi connectivity index (χ0n) is 16.4. The molecule has 0 bridgehead atoms. The van der Waals surface area contributed by atoms with Crippen LogP contribution < -0.4 is 10.0 Å². The minimum absolute atomic E-state index is 0.0698. The normalized spacial score (nSPS) is 15.2. The fraction of sp³-hybridized carbons (Fsp3) is 0.474. The third-order valence-corrected chi connectivity index (χ3v) is 6.29. The van der Waals surface area contributed by atoms with Crippen LogP contribution in [-0.2, 0) is 29.5 Å². The Balaban J connectivity index is 1.68. The topological polar surface area (TPSA) is 105 Å². The van der Waals surface area contributed by atoms with Crippen molar-refractivity contribution >= 4 is 16.1 Å². The number of fused-ring (bicyclic) bond motifs is 1. The quantitative estimate of drug-likeness (QED) is 0.766. The summed E-state index contributed by atoms with van der Waals surface area (Å²) in [6.07, 6.45) is 1.49. The van der Waals surface area contributed by atoms with Crippen molar-refractivity contribution in [1.29, 1.82) is 0 Å². The molecule has 9 heteroatoms. The summed E-state index contributed by atoms with van der Waals surface area (Å²) in [6, 6.07) is 6.78. The van der Waals surface area contributed by atoms with E-state index in [1.54, 1.807) is 36.1 Å². The van der Waals surface area contributed by atoms with E-state index in [4.69, 9.17) is 4.52 Å². The lowest BCUT2D eigenvalue weighted by Crippen LogP contribution is -2.45. The average molecular weight is 407 g/mol. The lowest BCUT2D eigenvalue weighted by molar-refractivity contribution is 0.188. The zero-order chi connectivity index (χ0) is 20.3. The predicted octanol–water partition coefficient (Wildman–Crippen LogP) is 2.33. The number of carbonyl (C=O) groups excluding carboxylic acids is 1. The Labute approximate surface area is 165 Å². The van der Waals surface area contributed by atoms with Crippen LogP contribution >= 0.6 is 0 Å². The van der Waals surface area contributed by atoms with Gasteiger partial charge in [0, 0.05) is 25.2 Å². The van der Waals surface area contributed by atoms with Gasteiger partial charge in [0.05, 0.1) is 17.1 Å². The first-order valence-electron chi connectivity index (χ1n) is 9.37. The molecule has 0 unspecified atom stereocenters. The van der Waals surface area contributed by atoms with Crippen LogP contribution in [0.25, 0.3) is 0 Å². The number of carbonyl (C=O) groups is 1. The van der Waals surface area contributed by atoms with Crippen molar-refractivity contribution in [3.05, 3.63) is 46.8 Å². The number of hydrogen-bond donors (Lipinski definition) is 2. The van der Waals surface area contributed by atoms with Crippen LogP contribution in [0.1, 0.15) is 42.8 Å². The van der Waals surface area contributed by atoms with Gasteiger partial charge in [0.25, 0.3) is 0 Å². The maximum atomic E-state index is 12.6. The highest BCUT2D eigenvalue weighted by Gasteiger charge is 2.23. The Morgan fingerprint density at radius 1 is 1.32 bits per heavy atom. The van der Waals surface area contributed by atoms with Gasteiger partial charge in [0.1, 0.15) is 5.76 Å². The molecule has 0 saturated heterocycles. The summed E-state index contributed by atoms with van der Waals surface area (Å²) >= 11 is 0. The molecule has 28 heavy (non-hydrogen) atoms. The number of amides is 2. The molecule has 1 aliphatic heterocycles. The molecule has 0 spiro atoms. The number of nitrogens with one attached hydrogen (secondary N) is 2. The van der Waals surface area contributed by atoms with Crippen molar-refractivity contribution in [1.82, 2.24) is 20.1 Å². The van der Waals surface area contributed by atoms with Crippen LogP contribution in [0.5, 0.6) is 0 Å². The second kappa shape index (κ2) is 8.32. The minimum Gasteiger partial charge on any atom is -0.361 e. The number of aryl methyl sites for hydroxylation is 1. The van der Waals surface area contributed by atoms with Gasteiger partial charge in [-0.05, 0) is 49.9 Å².